The second-order valence-corrected chi connectivity index (χ2v) is 8.85. The van der Waals surface area contributed by atoms with Gasteiger partial charge in [0.05, 0.1) is 0 Å². The summed E-state index contributed by atoms with van der Waals surface area (Å²) in [7, 11) is 1.94. The van der Waals surface area contributed by atoms with Gasteiger partial charge >= 0.3 is 0 Å². The topological polar surface area (TPSA) is 45.2 Å². The predicted octanol–water partition coefficient (Wildman–Crippen LogP) is 4.29. The largest absolute Gasteiger partial charge is 0.337 e. The average Bonchev–Trinajstić information content (AvgIpc) is 3.27. The SMILES string of the molecule is CC(C)c1ccc(-c2nc(C(=O)N(C)C3CC4CCC(C3)N4)cs2)cc1. The van der Waals surface area contributed by atoms with Gasteiger partial charge in [-0.3, -0.25) is 4.79 Å². The fourth-order valence-corrected chi connectivity index (χ4v) is 5.01. The lowest BCUT2D eigenvalue weighted by Crippen LogP contribution is -2.48. The van der Waals surface area contributed by atoms with Crippen molar-refractivity contribution in [2.24, 2.45) is 0 Å². The van der Waals surface area contributed by atoms with Crippen LogP contribution in [-0.2, 0) is 0 Å². The van der Waals surface area contributed by atoms with Crippen LogP contribution in [0, 0.1) is 0 Å². The molecule has 2 aliphatic heterocycles. The average molecular weight is 370 g/mol. The van der Waals surface area contributed by atoms with Crippen molar-refractivity contribution in [1.82, 2.24) is 15.2 Å². The van der Waals surface area contributed by atoms with Crippen molar-refractivity contribution >= 4 is 17.2 Å². The molecular formula is C21H27N3OS. The Labute approximate surface area is 159 Å². The summed E-state index contributed by atoms with van der Waals surface area (Å²) >= 11 is 1.55. The van der Waals surface area contributed by atoms with E-state index in [1.165, 1.54) is 18.4 Å². The van der Waals surface area contributed by atoms with Crippen molar-refractivity contribution in [1.29, 1.82) is 0 Å². The van der Waals surface area contributed by atoms with Gasteiger partial charge < -0.3 is 10.2 Å². The molecule has 1 N–H and O–H groups in total. The molecule has 0 radical (unpaired) electrons. The van der Waals surface area contributed by atoms with Crippen LogP contribution in [-0.4, -0.2) is 41.0 Å². The zero-order chi connectivity index (χ0) is 18.3. The first-order valence-corrected chi connectivity index (χ1v) is 10.5. The Morgan fingerprint density at radius 3 is 2.46 bits per heavy atom. The van der Waals surface area contributed by atoms with Crippen LogP contribution >= 0.6 is 11.3 Å². The standard InChI is InChI=1S/C21H27N3OS/c1-13(2)14-4-6-15(7-5-14)20-23-19(12-26-20)21(25)24(3)18-10-16-8-9-17(11-18)22-16/h4-7,12-13,16-18,22H,8-11H2,1-3H3. The Morgan fingerprint density at radius 1 is 1.19 bits per heavy atom. The van der Waals surface area contributed by atoms with Crippen LogP contribution in [0.4, 0.5) is 0 Å². The molecule has 138 valence electrons. The highest BCUT2D eigenvalue weighted by atomic mass is 32.1. The molecule has 2 unspecified atom stereocenters. The van der Waals surface area contributed by atoms with E-state index in [0.717, 1.165) is 23.4 Å². The normalized spacial score (nSPS) is 24.8. The van der Waals surface area contributed by atoms with Crippen molar-refractivity contribution in [2.75, 3.05) is 7.05 Å². The van der Waals surface area contributed by atoms with E-state index in [-0.39, 0.29) is 5.91 Å². The first kappa shape index (κ1) is 17.7. The summed E-state index contributed by atoms with van der Waals surface area (Å²) in [5.74, 6) is 0.573. The summed E-state index contributed by atoms with van der Waals surface area (Å²) in [6.45, 7) is 4.38. The summed E-state index contributed by atoms with van der Waals surface area (Å²) < 4.78 is 0. The van der Waals surface area contributed by atoms with Gasteiger partial charge in [0.2, 0.25) is 0 Å². The quantitative estimate of drug-likeness (QED) is 0.874. The lowest BCUT2D eigenvalue weighted by molar-refractivity contribution is 0.0676. The van der Waals surface area contributed by atoms with Gasteiger partial charge in [0, 0.05) is 36.1 Å². The van der Waals surface area contributed by atoms with Crippen LogP contribution < -0.4 is 5.32 Å². The van der Waals surface area contributed by atoms with Crippen molar-refractivity contribution in [3.63, 3.8) is 0 Å². The van der Waals surface area contributed by atoms with E-state index in [9.17, 15) is 4.79 Å². The van der Waals surface area contributed by atoms with E-state index in [1.54, 1.807) is 11.3 Å². The number of rotatable bonds is 4. The number of hydrogen-bond donors (Lipinski definition) is 1. The zero-order valence-corrected chi connectivity index (χ0v) is 16.6. The molecule has 2 aromatic rings. The second kappa shape index (κ2) is 7.12. The molecule has 2 fully saturated rings. The Kier molecular flexibility index (Phi) is 4.84. The van der Waals surface area contributed by atoms with Crippen LogP contribution in [0.3, 0.4) is 0 Å². The smallest absolute Gasteiger partial charge is 0.273 e. The highest BCUT2D eigenvalue weighted by molar-refractivity contribution is 7.13. The van der Waals surface area contributed by atoms with E-state index in [4.69, 9.17) is 0 Å². The maximum absolute atomic E-state index is 12.9. The van der Waals surface area contributed by atoms with E-state index in [1.807, 2.05) is 17.3 Å². The third-order valence-corrected chi connectivity index (χ3v) is 6.76. The monoisotopic (exact) mass is 369 g/mol. The molecule has 0 saturated carbocycles. The van der Waals surface area contributed by atoms with E-state index >= 15 is 0 Å². The van der Waals surface area contributed by atoms with Gasteiger partial charge in [0.25, 0.3) is 5.91 Å². The lowest BCUT2D eigenvalue weighted by atomic mass is 9.98. The zero-order valence-electron chi connectivity index (χ0n) is 15.7. The van der Waals surface area contributed by atoms with Crippen LogP contribution in [0.2, 0.25) is 0 Å². The number of piperidine rings is 1. The van der Waals surface area contributed by atoms with Crippen LogP contribution in [0.5, 0.6) is 0 Å². The Morgan fingerprint density at radius 2 is 1.85 bits per heavy atom. The molecule has 4 nitrogen and oxygen atoms in total. The number of benzene rings is 1. The number of carbonyl (C=O) groups is 1. The van der Waals surface area contributed by atoms with E-state index < -0.39 is 0 Å². The first-order valence-electron chi connectivity index (χ1n) is 9.60. The molecule has 2 atom stereocenters. The summed E-state index contributed by atoms with van der Waals surface area (Å²) in [6.07, 6.45) is 4.62. The van der Waals surface area contributed by atoms with E-state index in [2.05, 4.69) is 48.4 Å². The van der Waals surface area contributed by atoms with Gasteiger partial charge in [-0.1, -0.05) is 38.1 Å². The van der Waals surface area contributed by atoms with Gasteiger partial charge in [-0.2, -0.15) is 0 Å². The Balaban J connectivity index is 1.47. The fourth-order valence-electron chi connectivity index (χ4n) is 4.21. The van der Waals surface area contributed by atoms with Crippen LogP contribution in [0.15, 0.2) is 29.6 Å². The summed E-state index contributed by atoms with van der Waals surface area (Å²) in [6, 6.07) is 10.0. The number of nitrogens with one attached hydrogen (secondary N) is 1. The number of nitrogens with zero attached hydrogens (tertiary/aromatic N) is 2. The third kappa shape index (κ3) is 3.42. The van der Waals surface area contributed by atoms with Crippen molar-refractivity contribution in [2.45, 2.75) is 63.6 Å². The summed E-state index contributed by atoms with van der Waals surface area (Å²) in [5, 5.41) is 6.46. The van der Waals surface area contributed by atoms with Gasteiger partial charge in [0.15, 0.2) is 0 Å². The molecule has 2 saturated heterocycles. The predicted molar refractivity (Wildman–Crippen MR) is 107 cm³/mol. The first-order chi connectivity index (χ1) is 12.5. The number of hydrogen-bond acceptors (Lipinski definition) is 4. The number of amides is 1. The number of carbonyl (C=O) groups excluding carboxylic acids is 1. The lowest BCUT2D eigenvalue weighted by Gasteiger charge is -2.35. The van der Waals surface area contributed by atoms with Crippen molar-refractivity contribution < 1.29 is 4.79 Å². The molecule has 1 aromatic carbocycles. The minimum absolute atomic E-state index is 0.0533. The van der Waals surface area contributed by atoms with Crippen molar-refractivity contribution in [3.05, 3.63) is 40.9 Å². The maximum atomic E-state index is 12.9. The molecular weight excluding hydrogens is 342 g/mol. The molecule has 5 heteroatoms. The maximum Gasteiger partial charge on any atom is 0.273 e. The molecule has 3 heterocycles. The van der Waals surface area contributed by atoms with E-state index in [0.29, 0.717) is 29.7 Å². The summed E-state index contributed by atoms with van der Waals surface area (Å²) in [4.78, 5) is 19.5. The molecule has 4 rings (SSSR count). The minimum Gasteiger partial charge on any atom is -0.337 e. The van der Waals surface area contributed by atoms with Crippen LogP contribution in [0.25, 0.3) is 10.6 Å². The third-order valence-electron chi connectivity index (χ3n) is 5.86. The molecule has 1 amide bonds. The van der Waals surface area contributed by atoms with Gasteiger partial charge in [-0.05, 0) is 37.2 Å². The number of aromatic nitrogens is 1. The van der Waals surface area contributed by atoms with Gasteiger partial charge in [-0.15, -0.1) is 11.3 Å². The summed E-state index contributed by atoms with van der Waals surface area (Å²) in [5.41, 5.74) is 2.98. The molecule has 1 aromatic heterocycles. The highest BCUT2D eigenvalue weighted by Gasteiger charge is 2.36. The Bertz CT molecular complexity index is 771. The van der Waals surface area contributed by atoms with Crippen LogP contribution in [0.1, 0.15) is 61.5 Å². The van der Waals surface area contributed by atoms with Gasteiger partial charge in [-0.25, -0.2) is 4.98 Å². The molecule has 26 heavy (non-hydrogen) atoms. The fraction of sp³-hybridized carbons (Fsp3) is 0.524. The molecule has 0 aliphatic carbocycles. The molecule has 2 bridgehead atoms. The highest BCUT2D eigenvalue weighted by Crippen LogP contribution is 2.31. The van der Waals surface area contributed by atoms with Gasteiger partial charge in [0.1, 0.15) is 10.7 Å². The number of thiazole rings is 1. The second-order valence-electron chi connectivity index (χ2n) is 7.99. The van der Waals surface area contributed by atoms with Crippen molar-refractivity contribution in [3.8, 4) is 10.6 Å². The Hall–Kier alpha value is -1.72. The molecule has 2 aliphatic rings. The number of fused-ring (bicyclic) bond motifs is 2. The molecule has 0 spiro atoms. The minimum atomic E-state index is 0.0533.